The van der Waals surface area contributed by atoms with Gasteiger partial charge in [0.2, 0.25) is 0 Å². The van der Waals surface area contributed by atoms with Crippen LogP contribution in [0.3, 0.4) is 0 Å². The van der Waals surface area contributed by atoms with Gasteiger partial charge in [-0.2, -0.15) is 5.10 Å². The molecule has 0 spiro atoms. The van der Waals surface area contributed by atoms with E-state index in [-0.39, 0.29) is 18.4 Å². The van der Waals surface area contributed by atoms with Gasteiger partial charge in [0.25, 0.3) is 5.91 Å². The third kappa shape index (κ3) is 4.33. The quantitative estimate of drug-likeness (QED) is 0.852. The van der Waals surface area contributed by atoms with Crippen molar-refractivity contribution in [1.82, 2.24) is 15.1 Å². The van der Waals surface area contributed by atoms with Gasteiger partial charge in [-0.05, 0) is 37.1 Å². The Morgan fingerprint density at radius 3 is 2.65 bits per heavy atom. The second-order valence-electron chi connectivity index (χ2n) is 5.71. The van der Waals surface area contributed by atoms with E-state index in [4.69, 9.17) is 11.6 Å². The van der Waals surface area contributed by atoms with Crippen LogP contribution in [0.15, 0.2) is 30.5 Å². The van der Waals surface area contributed by atoms with Gasteiger partial charge in [0.05, 0.1) is 23.0 Å². The summed E-state index contributed by atoms with van der Waals surface area (Å²) in [4.78, 5) is 12.3. The van der Waals surface area contributed by atoms with E-state index < -0.39 is 6.10 Å². The molecule has 1 heterocycles. The zero-order valence-electron chi connectivity index (χ0n) is 13.6. The fourth-order valence-corrected chi connectivity index (χ4v) is 2.30. The number of hydrogen-bond donors (Lipinski definition) is 2. The Morgan fingerprint density at radius 1 is 1.39 bits per heavy atom. The number of aromatic nitrogens is 2. The smallest absolute Gasteiger partial charge is 0.254 e. The largest absolute Gasteiger partial charge is 0.391 e. The van der Waals surface area contributed by atoms with Crippen molar-refractivity contribution in [2.24, 2.45) is 5.92 Å². The number of aliphatic hydroxyl groups excluding tert-OH is 1. The molecule has 1 aromatic heterocycles. The highest BCUT2D eigenvalue weighted by molar-refractivity contribution is 6.30. The summed E-state index contributed by atoms with van der Waals surface area (Å²) in [5.74, 6) is -0.0849. The number of rotatable bonds is 6. The van der Waals surface area contributed by atoms with E-state index in [0.717, 1.165) is 12.1 Å². The van der Waals surface area contributed by atoms with Gasteiger partial charge < -0.3 is 10.4 Å². The van der Waals surface area contributed by atoms with E-state index in [9.17, 15) is 9.90 Å². The zero-order valence-corrected chi connectivity index (χ0v) is 14.3. The van der Waals surface area contributed by atoms with Crippen LogP contribution in [0.2, 0.25) is 5.02 Å². The first kappa shape index (κ1) is 17.5. The fourth-order valence-electron chi connectivity index (χ4n) is 2.17. The van der Waals surface area contributed by atoms with E-state index in [1.165, 1.54) is 0 Å². The molecule has 0 bridgehead atoms. The second kappa shape index (κ2) is 7.62. The van der Waals surface area contributed by atoms with Crippen molar-refractivity contribution in [2.75, 3.05) is 6.54 Å². The van der Waals surface area contributed by atoms with Gasteiger partial charge in [-0.1, -0.05) is 31.9 Å². The summed E-state index contributed by atoms with van der Waals surface area (Å²) in [7, 11) is 0. The first-order chi connectivity index (χ1) is 10.9. The average molecular weight is 336 g/mol. The minimum atomic E-state index is -0.546. The Hall–Kier alpha value is -1.85. The topological polar surface area (TPSA) is 67.2 Å². The summed E-state index contributed by atoms with van der Waals surface area (Å²) in [6.07, 6.45) is 2.00. The molecule has 23 heavy (non-hydrogen) atoms. The van der Waals surface area contributed by atoms with Crippen molar-refractivity contribution < 1.29 is 9.90 Å². The summed E-state index contributed by atoms with van der Waals surface area (Å²) in [6, 6.07) is 7.22. The number of hydrogen-bond acceptors (Lipinski definition) is 3. The van der Waals surface area contributed by atoms with Crippen LogP contribution < -0.4 is 5.32 Å². The van der Waals surface area contributed by atoms with Crippen molar-refractivity contribution >= 4 is 17.5 Å². The van der Waals surface area contributed by atoms with Crippen molar-refractivity contribution in [2.45, 2.75) is 33.3 Å². The van der Waals surface area contributed by atoms with Gasteiger partial charge in [-0.25, -0.2) is 4.68 Å². The summed E-state index contributed by atoms with van der Waals surface area (Å²) in [5, 5.41) is 17.7. The number of halogens is 1. The van der Waals surface area contributed by atoms with E-state index in [0.29, 0.717) is 16.3 Å². The standard InChI is InChI=1S/C17H22ClN3O2/c1-4-11(2)16(22)9-19-17(23)15-10-21(20-12(15)3)14-7-5-13(18)6-8-14/h5-8,10-11,16,22H,4,9H2,1-3H3,(H,19,23). The highest BCUT2D eigenvalue weighted by Crippen LogP contribution is 2.15. The molecule has 0 saturated heterocycles. The van der Waals surface area contributed by atoms with Crippen molar-refractivity contribution in [3.63, 3.8) is 0 Å². The van der Waals surface area contributed by atoms with Crippen molar-refractivity contribution in [3.8, 4) is 5.69 Å². The maximum Gasteiger partial charge on any atom is 0.254 e. The molecule has 2 aromatic rings. The van der Waals surface area contributed by atoms with Gasteiger partial charge in [0.15, 0.2) is 0 Å². The number of benzene rings is 1. The molecular formula is C17H22ClN3O2. The lowest BCUT2D eigenvalue weighted by atomic mass is 10.0. The molecule has 1 aromatic carbocycles. The number of nitrogens with zero attached hydrogens (tertiary/aromatic N) is 2. The monoisotopic (exact) mass is 335 g/mol. The molecule has 124 valence electrons. The molecule has 0 aliphatic carbocycles. The van der Waals surface area contributed by atoms with E-state index in [2.05, 4.69) is 10.4 Å². The number of nitrogens with one attached hydrogen (secondary N) is 1. The number of amides is 1. The maximum absolute atomic E-state index is 12.3. The highest BCUT2D eigenvalue weighted by Gasteiger charge is 2.17. The Balaban J connectivity index is 2.08. The Labute approximate surface area is 141 Å². The van der Waals surface area contributed by atoms with Crippen molar-refractivity contribution in [3.05, 3.63) is 46.7 Å². The lowest BCUT2D eigenvalue weighted by Gasteiger charge is -2.17. The molecule has 2 N–H and O–H groups in total. The lowest BCUT2D eigenvalue weighted by Crippen LogP contribution is -2.35. The molecule has 5 nitrogen and oxygen atoms in total. The molecule has 0 aliphatic heterocycles. The van der Waals surface area contributed by atoms with E-state index >= 15 is 0 Å². The molecule has 2 atom stereocenters. The van der Waals surface area contributed by atoms with Gasteiger partial charge >= 0.3 is 0 Å². The van der Waals surface area contributed by atoms with Crippen LogP contribution in [0, 0.1) is 12.8 Å². The van der Waals surface area contributed by atoms with Gasteiger partial charge in [-0.15, -0.1) is 0 Å². The van der Waals surface area contributed by atoms with Crippen LogP contribution >= 0.6 is 11.6 Å². The fraction of sp³-hybridized carbons (Fsp3) is 0.412. The third-order valence-corrected chi connectivity index (χ3v) is 4.26. The van der Waals surface area contributed by atoms with E-state index in [1.807, 2.05) is 26.0 Å². The first-order valence-corrected chi connectivity index (χ1v) is 8.08. The summed E-state index contributed by atoms with van der Waals surface area (Å²) >= 11 is 5.88. The summed E-state index contributed by atoms with van der Waals surface area (Å²) in [6.45, 7) is 5.99. The maximum atomic E-state index is 12.3. The van der Waals surface area contributed by atoms with Crippen LogP contribution in [-0.2, 0) is 0 Å². The molecule has 2 rings (SSSR count). The van der Waals surface area contributed by atoms with Crippen LogP contribution in [0.1, 0.15) is 36.3 Å². The normalized spacial score (nSPS) is 13.6. The van der Waals surface area contributed by atoms with Gasteiger partial charge in [-0.3, -0.25) is 4.79 Å². The molecule has 2 unspecified atom stereocenters. The third-order valence-electron chi connectivity index (χ3n) is 4.01. The number of carbonyl (C=O) groups is 1. The predicted octanol–water partition coefficient (Wildman–Crippen LogP) is 2.97. The molecule has 0 saturated carbocycles. The minimum absolute atomic E-state index is 0.146. The predicted molar refractivity (Wildman–Crippen MR) is 91.1 cm³/mol. The summed E-state index contributed by atoms with van der Waals surface area (Å²) < 4.78 is 1.64. The number of aliphatic hydroxyl groups is 1. The molecule has 0 radical (unpaired) electrons. The van der Waals surface area contributed by atoms with Crippen LogP contribution in [-0.4, -0.2) is 33.4 Å². The first-order valence-electron chi connectivity index (χ1n) is 7.70. The molecule has 0 fully saturated rings. The Morgan fingerprint density at radius 2 is 2.04 bits per heavy atom. The molecule has 1 amide bonds. The van der Waals surface area contributed by atoms with Crippen LogP contribution in [0.25, 0.3) is 5.69 Å². The number of aryl methyl sites for hydroxylation is 1. The highest BCUT2D eigenvalue weighted by atomic mass is 35.5. The lowest BCUT2D eigenvalue weighted by molar-refractivity contribution is 0.0849. The van der Waals surface area contributed by atoms with Crippen LogP contribution in [0.5, 0.6) is 0 Å². The van der Waals surface area contributed by atoms with Crippen LogP contribution in [0.4, 0.5) is 0 Å². The second-order valence-corrected chi connectivity index (χ2v) is 6.15. The average Bonchev–Trinajstić information content (AvgIpc) is 2.94. The van der Waals surface area contributed by atoms with E-state index in [1.54, 1.807) is 29.9 Å². The Bertz CT molecular complexity index is 667. The molecule has 0 aliphatic rings. The molecular weight excluding hydrogens is 314 g/mol. The zero-order chi connectivity index (χ0) is 17.0. The van der Waals surface area contributed by atoms with Gasteiger partial charge in [0.1, 0.15) is 0 Å². The SMILES string of the molecule is CCC(C)C(O)CNC(=O)c1cn(-c2ccc(Cl)cc2)nc1C. The molecule has 6 heteroatoms. The number of carbonyl (C=O) groups excluding carboxylic acids is 1. The summed E-state index contributed by atoms with van der Waals surface area (Å²) in [5.41, 5.74) is 1.96. The Kier molecular flexibility index (Phi) is 5.80. The van der Waals surface area contributed by atoms with Crippen molar-refractivity contribution in [1.29, 1.82) is 0 Å². The minimum Gasteiger partial charge on any atom is -0.391 e. The van der Waals surface area contributed by atoms with Gasteiger partial charge in [0, 0.05) is 17.8 Å².